The average Bonchev–Trinajstić information content (AvgIpc) is 2.83. The molecule has 0 aliphatic rings. The summed E-state index contributed by atoms with van der Waals surface area (Å²) < 4.78 is 0. The van der Waals surface area contributed by atoms with Gasteiger partial charge < -0.3 is 38.3 Å². The summed E-state index contributed by atoms with van der Waals surface area (Å²) in [4.78, 5) is 53.5. The molecule has 1 aromatic carbocycles. The van der Waals surface area contributed by atoms with E-state index in [1.54, 1.807) is 30.3 Å². The third-order valence-corrected chi connectivity index (χ3v) is 5.58. The highest BCUT2D eigenvalue weighted by molar-refractivity contribution is 7.80. The molecule has 35 heavy (non-hydrogen) atoms. The summed E-state index contributed by atoms with van der Waals surface area (Å²) in [7, 11) is 0. The van der Waals surface area contributed by atoms with Crippen molar-refractivity contribution in [2.75, 3.05) is 18.1 Å². The predicted molar refractivity (Wildman–Crippen MR) is 139 cm³/mol. The molecule has 1 aromatic rings. The van der Waals surface area contributed by atoms with Crippen LogP contribution >= 0.6 is 25.3 Å². The van der Waals surface area contributed by atoms with E-state index in [1.165, 1.54) is 0 Å². The highest BCUT2D eigenvalue weighted by Gasteiger charge is 2.30. The number of carbonyl (C=O) groups is 4. The molecule has 12 nitrogen and oxygen atoms in total. The Bertz CT molecular complexity index is 884. The minimum absolute atomic E-state index is 0.0630. The van der Waals surface area contributed by atoms with Crippen LogP contribution in [0.15, 0.2) is 35.3 Å². The summed E-state index contributed by atoms with van der Waals surface area (Å²) in [5, 5.41) is 16.8. The van der Waals surface area contributed by atoms with Gasteiger partial charge in [0.1, 0.15) is 18.1 Å². The standard InChI is InChI=1S/C21H33N7O5S2/c22-13(10-34)17(29)26-14(7-4-8-25-21(23)24)18(30)27-15(9-12-5-2-1-3-6-12)19(31)28-16(11-35)20(32)33/h1-3,5-6,13-16,34-35H,4,7-11,22H2,(H,26,29)(H,27,30)(H,28,31)(H,32,33)(H4,23,24,25). The fraction of sp³-hybridized carbons (Fsp3) is 0.476. The van der Waals surface area contributed by atoms with Gasteiger partial charge in [0.25, 0.3) is 0 Å². The average molecular weight is 528 g/mol. The quantitative estimate of drug-likeness (QED) is 0.0537. The van der Waals surface area contributed by atoms with E-state index >= 15 is 0 Å². The number of aliphatic imine (C=N–C) groups is 1. The molecule has 0 saturated carbocycles. The van der Waals surface area contributed by atoms with E-state index in [1.807, 2.05) is 0 Å². The molecule has 0 aliphatic carbocycles. The molecule has 0 spiro atoms. The Balaban J connectivity index is 3.08. The lowest BCUT2D eigenvalue weighted by Crippen LogP contribution is -2.58. The van der Waals surface area contributed by atoms with Crippen molar-refractivity contribution < 1.29 is 24.3 Å². The number of nitrogens with zero attached hydrogens (tertiary/aromatic N) is 1. The molecule has 4 unspecified atom stereocenters. The van der Waals surface area contributed by atoms with Crippen molar-refractivity contribution in [3.05, 3.63) is 35.9 Å². The number of thiol groups is 2. The minimum atomic E-state index is -1.26. The topological polar surface area (TPSA) is 215 Å². The van der Waals surface area contributed by atoms with Crippen molar-refractivity contribution in [1.29, 1.82) is 0 Å². The molecule has 0 saturated heterocycles. The van der Waals surface area contributed by atoms with Gasteiger partial charge in [-0.25, -0.2) is 4.79 Å². The molecule has 194 valence electrons. The number of aliphatic carboxylic acids is 1. The Labute approximate surface area is 214 Å². The van der Waals surface area contributed by atoms with Gasteiger partial charge in [0.2, 0.25) is 17.7 Å². The van der Waals surface area contributed by atoms with Crippen LogP contribution in [-0.2, 0) is 25.6 Å². The van der Waals surface area contributed by atoms with E-state index in [2.05, 4.69) is 46.2 Å². The van der Waals surface area contributed by atoms with E-state index in [-0.39, 0.29) is 36.9 Å². The Morgan fingerprint density at radius 2 is 1.46 bits per heavy atom. The monoisotopic (exact) mass is 527 g/mol. The van der Waals surface area contributed by atoms with Gasteiger partial charge in [-0.1, -0.05) is 30.3 Å². The second kappa shape index (κ2) is 15.8. The lowest BCUT2D eigenvalue weighted by Gasteiger charge is -2.25. The fourth-order valence-corrected chi connectivity index (χ4v) is 3.34. The van der Waals surface area contributed by atoms with Crippen molar-refractivity contribution >= 4 is 54.9 Å². The molecule has 0 aliphatic heterocycles. The number of carboxylic acid groups (broad SMARTS) is 1. The number of nitrogens with two attached hydrogens (primary N) is 3. The molecular weight excluding hydrogens is 494 g/mol. The number of benzene rings is 1. The van der Waals surface area contributed by atoms with Crippen LogP contribution in [0.5, 0.6) is 0 Å². The summed E-state index contributed by atoms with van der Waals surface area (Å²) in [6, 6.07) is 4.50. The number of hydrogen-bond donors (Lipinski definition) is 9. The fourth-order valence-electron chi connectivity index (χ4n) is 2.92. The SMILES string of the molecule is NC(N)=NCCCC(NC(=O)C(N)CS)C(=O)NC(Cc1ccccc1)C(=O)NC(CS)C(=O)O. The molecular formula is C21H33N7O5S2. The van der Waals surface area contributed by atoms with Crippen molar-refractivity contribution in [2.24, 2.45) is 22.2 Å². The third-order valence-electron chi connectivity index (χ3n) is 4.82. The smallest absolute Gasteiger partial charge is 0.327 e. The van der Waals surface area contributed by atoms with Crippen molar-refractivity contribution in [1.82, 2.24) is 16.0 Å². The van der Waals surface area contributed by atoms with Gasteiger partial charge >= 0.3 is 5.97 Å². The number of guanidine groups is 1. The molecule has 3 amide bonds. The number of carboxylic acids is 1. The van der Waals surface area contributed by atoms with Gasteiger partial charge in [-0.2, -0.15) is 25.3 Å². The van der Waals surface area contributed by atoms with E-state index in [9.17, 15) is 24.3 Å². The maximum atomic E-state index is 13.1. The van der Waals surface area contributed by atoms with Crippen LogP contribution in [0.1, 0.15) is 18.4 Å². The Hall–Kier alpha value is -2.97. The van der Waals surface area contributed by atoms with E-state index in [4.69, 9.17) is 17.2 Å². The zero-order valence-corrected chi connectivity index (χ0v) is 20.9. The number of rotatable bonds is 15. The Morgan fingerprint density at radius 3 is 2.00 bits per heavy atom. The second-order valence-electron chi connectivity index (χ2n) is 7.63. The van der Waals surface area contributed by atoms with Gasteiger partial charge in [0.05, 0.1) is 6.04 Å². The van der Waals surface area contributed by atoms with Crippen molar-refractivity contribution in [2.45, 2.75) is 43.4 Å². The van der Waals surface area contributed by atoms with Crippen LogP contribution in [0.3, 0.4) is 0 Å². The molecule has 10 N–H and O–H groups in total. The zero-order valence-electron chi connectivity index (χ0n) is 19.1. The summed E-state index contributed by atoms with van der Waals surface area (Å²) in [5.41, 5.74) is 17.1. The predicted octanol–water partition coefficient (Wildman–Crippen LogP) is -1.99. The van der Waals surface area contributed by atoms with Gasteiger partial charge in [0, 0.05) is 24.5 Å². The van der Waals surface area contributed by atoms with Gasteiger partial charge in [-0.05, 0) is 18.4 Å². The van der Waals surface area contributed by atoms with E-state index in [0.29, 0.717) is 6.42 Å². The Morgan fingerprint density at radius 1 is 0.886 bits per heavy atom. The summed E-state index contributed by atoms with van der Waals surface area (Å²) in [5.74, 6) is -3.39. The largest absolute Gasteiger partial charge is 0.480 e. The third kappa shape index (κ3) is 11.3. The molecule has 14 heteroatoms. The second-order valence-corrected chi connectivity index (χ2v) is 8.36. The normalized spacial score (nSPS) is 14.0. The van der Waals surface area contributed by atoms with Gasteiger partial charge in [0.15, 0.2) is 5.96 Å². The number of amides is 3. The highest BCUT2D eigenvalue weighted by atomic mass is 32.1. The van der Waals surface area contributed by atoms with Crippen LogP contribution in [0.25, 0.3) is 0 Å². The first kappa shape index (κ1) is 30.1. The number of nitrogens with one attached hydrogen (secondary N) is 3. The van der Waals surface area contributed by atoms with Crippen LogP contribution in [0.2, 0.25) is 0 Å². The summed E-state index contributed by atoms with van der Waals surface area (Å²) in [6.07, 6.45) is 0.590. The summed E-state index contributed by atoms with van der Waals surface area (Å²) >= 11 is 7.94. The molecule has 0 heterocycles. The first-order chi connectivity index (χ1) is 16.6. The number of hydrogen-bond acceptors (Lipinski definition) is 8. The maximum Gasteiger partial charge on any atom is 0.327 e. The lowest BCUT2D eigenvalue weighted by molar-refractivity contribution is -0.141. The minimum Gasteiger partial charge on any atom is -0.480 e. The van der Waals surface area contributed by atoms with E-state index in [0.717, 1.165) is 5.56 Å². The van der Waals surface area contributed by atoms with Gasteiger partial charge in [-0.3, -0.25) is 19.4 Å². The van der Waals surface area contributed by atoms with E-state index < -0.39 is 47.9 Å². The zero-order chi connectivity index (χ0) is 26.4. The number of carbonyl (C=O) groups excluding carboxylic acids is 3. The molecule has 0 fully saturated rings. The van der Waals surface area contributed by atoms with Crippen LogP contribution < -0.4 is 33.2 Å². The van der Waals surface area contributed by atoms with Crippen molar-refractivity contribution in [3.63, 3.8) is 0 Å². The lowest BCUT2D eigenvalue weighted by atomic mass is 10.0. The highest BCUT2D eigenvalue weighted by Crippen LogP contribution is 2.07. The van der Waals surface area contributed by atoms with Gasteiger partial charge in [-0.15, -0.1) is 0 Å². The van der Waals surface area contributed by atoms with Crippen LogP contribution in [0, 0.1) is 0 Å². The molecule has 0 bridgehead atoms. The molecule has 4 atom stereocenters. The Kier molecular flexibility index (Phi) is 13.6. The summed E-state index contributed by atoms with van der Waals surface area (Å²) in [6.45, 7) is 0.219. The van der Waals surface area contributed by atoms with Crippen molar-refractivity contribution in [3.8, 4) is 0 Å². The first-order valence-electron chi connectivity index (χ1n) is 10.8. The van der Waals surface area contributed by atoms with Crippen LogP contribution in [-0.4, -0.2) is 77.0 Å². The first-order valence-corrected chi connectivity index (χ1v) is 12.1. The maximum absolute atomic E-state index is 13.1. The molecule has 0 aromatic heterocycles. The molecule has 1 rings (SSSR count). The molecule has 0 radical (unpaired) electrons. The van der Waals surface area contributed by atoms with Crippen LogP contribution in [0.4, 0.5) is 0 Å².